The number of rotatable bonds is 5. The van der Waals surface area contributed by atoms with Gasteiger partial charge in [-0.1, -0.05) is 6.42 Å². The van der Waals surface area contributed by atoms with Crippen molar-refractivity contribution in [3.8, 4) is 0 Å². The average Bonchev–Trinajstić information content (AvgIpc) is 2.79. The second-order valence-electron chi connectivity index (χ2n) is 4.66. The molecule has 2 heterocycles. The molecule has 90 valence electrons. The molecule has 1 aromatic heterocycles. The number of hydrogen-bond donors (Lipinski definition) is 2. The molecule has 1 aromatic rings. The standard InChI is InChI=1S/C12H22N4/c1-16-7-3-2-4-12(16)9-13-6-5-11-8-14-10-15-11/h8,10,12-13H,2-7,9H2,1H3,(H,14,15). The Hall–Kier alpha value is -0.870. The summed E-state index contributed by atoms with van der Waals surface area (Å²) in [6.07, 6.45) is 8.76. The SMILES string of the molecule is CN1CCCCC1CNCCc1cnc[nH]1. The Morgan fingerprint density at radius 1 is 1.56 bits per heavy atom. The van der Waals surface area contributed by atoms with Crippen LogP contribution >= 0.6 is 0 Å². The molecule has 0 aromatic carbocycles. The lowest BCUT2D eigenvalue weighted by molar-refractivity contribution is 0.182. The minimum absolute atomic E-state index is 0.732. The number of hydrogen-bond acceptors (Lipinski definition) is 3. The lowest BCUT2D eigenvalue weighted by atomic mass is 10.0. The summed E-state index contributed by atoms with van der Waals surface area (Å²) in [4.78, 5) is 9.61. The van der Waals surface area contributed by atoms with E-state index in [1.54, 1.807) is 6.33 Å². The maximum Gasteiger partial charge on any atom is 0.0921 e. The van der Waals surface area contributed by atoms with E-state index in [1.165, 1.54) is 31.5 Å². The molecule has 2 N–H and O–H groups in total. The minimum atomic E-state index is 0.732. The average molecular weight is 222 g/mol. The number of likely N-dealkylation sites (tertiary alicyclic amines) is 1. The molecule has 4 heteroatoms. The van der Waals surface area contributed by atoms with E-state index >= 15 is 0 Å². The van der Waals surface area contributed by atoms with Gasteiger partial charge in [0.2, 0.25) is 0 Å². The quantitative estimate of drug-likeness (QED) is 0.731. The van der Waals surface area contributed by atoms with Crippen molar-refractivity contribution in [1.82, 2.24) is 20.2 Å². The van der Waals surface area contributed by atoms with E-state index in [0.29, 0.717) is 0 Å². The van der Waals surface area contributed by atoms with Gasteiger partial charge in [0.25, 0.3) is 0 Å². The first-order chi connectivity index (χ1) is 7.86. The van der Waals surface area contributed by atoms with Gasteiger partial charge in [-0.05, 0) is 26.4 Å². The molecule has 0 amide bonds. The fourth-order valence-corrected chi connectivity index (χ4v) is 2.32. The third kappa shape index (κ3) is 3.32. The van der Waals surface area contributed by atoms with Crippen molar-refractivity contribution in [2.24, 2.45) is 0 Å². The topological polar surface area (TPSA) is 44.0 Å². The molecule has 1 atom stereocenters. The Morgan fingerprint density at radius 2 is 2.50 bits per heavy atom. The number of piperidine rings is 1. The van der Waals surface area contributed by atoms with Gasteiger partial charge in [0.05, 0.1) is 6.33 Å². The summed E-state index contributed by atoms with van der Waals surface area (Å²) in [5.74, 6) is 0. The van der Waals surface area contributed by atoms with Gasteiger partial charge in [0.15, 0.2) is 0 Å². The van der Waals surface area contributed by atoms with Crippen LogP contribution in [-0.2, 0) is 6.42 Å². The first kappa shape index (κ1) is 11.6. The Morgan fingerprint density at radius 3 is 3.25 bits per heavy atom. The summed E-state index contributed by atoms with van der Waals surface area (Å²) in [6.45, 7) is 3.41. The molecule has 4 nitrogen and oxygen atoms in total. The maximum atomic E-state index is 4.01. The van der Waals surface area contributed by atoms with Crippen LogP contribution < -0.4 is 5.32 Å². The van der Waals surface area contributed by atoms with Gasteiger partial charge >= 0.3 is 0 Å². The van der Waals surface area contributed by atoms with Crippen molar-refractivity contribution in [2.75, 3.05) is 26.7 Å². The van der Waals surface area contributed by atoms with Crippen LogP contribution in [0.4, 0.5) is 0 Å². The van der Waals surface area contributed by atoms with Crippen LogP contribution in [0, 0.1) is 0 Å². The summed E-state index contributed by atoms with van der Waals surface area (Å²) in [5.41, 5.74) is 1.21. The summed E-state index contributed by atoms with van der Waals surface area (Å²) in [5, 5.41) is 3.53. The van der Waals surface area contributed by atoms with Gasteiger partial charge in [-0.15, -0.1) is 0 Å². The summed E-state index contributed by atoms with van der Waals surface area (Å²) in [6, 6.07) is 0.732. The number of nitrogens with one attached hydrogen (secondary N) is 2. The highest BCUT2D eigenvalue weighted by atomic mass is 15.2. The molecule has 0 aliphatic carbocycles. The highest BCUT2D eigenvalue weighted by Crippen LogP contribution is 2.13. The molecule has 0 saturated carbocycles. The first-order valence-corrected chi connectivity index (χ1v) is 6.24. The Balaban J connectivity index is 1.60. The van der Waals surface area contributed by atoms with Gasteiger partial charge < -0.3 is 15.2 Å². The molecule has 0 bridgehead atoms. The largest absolute Gasteiger partial charge is 0.348 e. The monoisotopic (exact) mass is 222 g/mol. The zero-order valence-electron chi connectivity index (χ0n) is 10.1. The summed E-state index contributed by atoms with van der Waals surface area (Å²) in [7, 11) is 2.24. The van der Waals surface area contributed by atoms with Crippen LogP contribution in [0.3, 0.4) is 0 Å². The van der Waals surface area contributed by atoms with E-state index in [2.05, 4.69) is 27.2 Å². The van der Waals surface area contributed by atoms with E-state index in [-0.39, 0.29) is 0 Å². The molecule has 1 aliphatic rings. The summed E-state index contributed by atoms with van der Waals surface area (Å²) < 4.78 is 0. The summed E-state index contributed by atoms with van der Waals surface area (Å²) >= 11 is 0. The number of H-pyrrole nitrogens is 1. The van der Waals surface area contributed by atoms with Crippen LogP contribution in [0.15, 0.2) is 12.5 Å². The van der Waals surface area contributed by atoms with E-state index < -0.39 is 0 Å². The molecule has 1 aliphatic heterocycles. The van der Waals surface area contributed by atoms with Gasteiger partial charge in [-0.3, -0.25) is 0 Å². The van der Waals surface area contributed by atoms with Crippen LogP contribution in [0.1, 0.15) is 25.0 Å². The Labute approximate surface area is 97.4 Å². The van der Waals surface area contributed by atoms with Gasteiger partial charge in [0, 0.05) is 37.4 Å². The lowest BCUT2D eigenvalue weighted by Gasteiger charge is -2.32. The Kier molecular flexibility index (Phi) is 4.36. The predicted octanol–water partition coefficient (Wildman–Crippen LogP) is 1.03. The van der Waals surface area contributed by atoms with Crippen molar-refractivity contribution < 1.29 is 0 Å². The maximum absolute atomic E-state index is 4.01. The first-order valence-electron chi connectivity index (χ1n) is 6.24. The molecule has 1 saturated heterocycles. The van der Waals surface area contributed by atoms with E-state index in [1.807, 2.05) is 6.20 Å². The van der Waals surface area contributed by atoms with E-state index in [9.17, 15) is 0 Å². The number of aromatic nitrogens is 2. The number of nitrogens with zero attached hydrogens (tertiary/aromatic N) is 2. The number of aromatic amines is 1. The molecular weight excluding hydrogens is 200 g/mol. The smallest absolute Gasteiger partial charge is 0.0921 e. The highest BCUT2D eigenvalue weighted by molar-refractivity contribution is 4.94. The van der Waals surface area contributed by atoms with E-state index in [0.717, 1.165) is 25.6 Å². The molecule has 1 unspecified atom stereocenters. The molecule has 2 rings (SSSR count). The van der Waals surface area contributed by atoms with Crippen molar-refractivity contribution >= 4 is 0 Å². The second-order valence-corrected chi connectivity index (χ2v) is 4.66. The highest BCUT2D eigenvalue weighted by Gasteiger charge is 2.17. The van der Waals surface area contributed by atoms with Crippen molar-refractivity contribution in [3.05, 3.63) is 18.2 Å². The van der Waals surface area contributed by atoms with Crippen LogP contribution in [-0.4, -0.2) is 47.6 Å². The Bertz CT molecular complexity index is 283. The molecule has 1 fully saturated rings. The van der Waals surface area contributed by atoms with E-state index in [4.69, 9.17) is 0 Å². The number of imidazole rings is 1. The molecule has 16 heavy (non-hydrogen) atoms. The second kappa shape index (κ2) is 6.01. The van der Waals surface area contributed by atoms with Crippen molar-refractivity contribution in [1.29, 1.82) is 0 Å². The van der Waals surface area contributed by atoms with Gasteiger partial charge in [0.1, 0.15) is 0 Å². The predicted molar refractivity (Wildman–Crippen MR) is 65.4 cm³/mol. The normalized spacial score (nSPS) is 22.4. The lowest BCUT2D eigenvalue weighted by Crippen LogP contribution is -2.43. The molecule has 0 spiro atoms. The molecular formula is C12H22N4. The fourth-order valence-electron chi connectivity index (χ4n) is 2.32. The zero-order chi connectivity index (χ0) is 11.2. The van der Waals surface area contributed by atoms with Gasteiger partial charge in [-0.2, -0.15) is 0 Å². The van der Waals surface area contributed by atoms with Crippen molar-refractivity contribution in [2.45, 2.75) is 31.7 Å². The zero-order valence-corrected chi connectivity index (χ0v) is 10.1. The third-order valence-electron chi connectivity index (χ3n) is 3.43. The number of likely N-dealkylation sites (N-methyl/N-ethyl adjacent to an activating group) is 1. The van der Waals surface area contributed by atoms with Gasteiger partial charge in [-0.25, -0.2) is 4.98 Å². The van der Waals surface area contributed by atoms with Crippen LogP contribution in [0.2, 0.25) is 0 Å². The third-order valence-corrected chi connectivity index (χ3v) is 3.43. The molecule has 0 radical (unpaired) electrons. The van der Waals surface area contributed by atoms with Crippen LogP contribution in [0.25, 0.3) is 0 Å². The van der Waals surface area contributed by atoms with Crippen LogP contribution in [0.5, 0.6) is 0 Å². The van der Waals surface area contributed by atoms with Crippen molar-refractivity contribution in [3.63, 3.8) is 0 Å². The fraction of sp³-hybridized carbons (Fsp3) is 0.750. The minimum Gasteiger partial charge on any atom is -0.348 e.